The Labute approximate surface area is 124 Å². The van der Waals surface area contributed by atoms with Crippen molar-refractivity contribution >= 4 is 17.1 Å². The van der Waals surface area contributed by atoms with E-state index in [9.17, 15) is 4.79 Å². The Balaban J connectivity index is 2.97. The van der Waals surface area contributed by atoms with Crippen LogP contribution < -0.4 is 5.14 Å². The molecular formula is C16H33NOS. The van der Waals surface area contributed by atoms with Gasteiger partial charge in [0.1, 0.15) is 0 Å². The van der Waals surface area contributed by atoms with Gasteiger partial charge < -0.3 is 0 Å². The maximum Gasteiger partial charge on any atom is 0.203 e. The Morgan fingerprint density at radius 3 is 1.47 bits per heavy atom. The average Bonchev–Trinajstić information content (AvgIpc) is 2.43. The van der Waals surface area contributed by atoms with Crippen molar-refractivity contribution in [3.05, 3.63) is 0 Å². The van der Waals surface area contributed by atoms with Crippen molar-refractivity contribution < 1.29 is 4.79 Å². The average molecular weight is 288 g/mol. The van der Waals surface area contributed by atoms with Gasteiger partial charge in [0.25, 0.3) is 0 Å². The van der Waals surface area contributed by atoms with Crippen LogP contribution in [-0.4, -0.2) is 5.12 Å². The summed E-state index contributed by atoms with van der Waals surface area (Å²) >= 11 is 0.870. The molecule has 0 aliphatic carbocycles. The number of hydrogen-bond acceptors (Lipinski definition) is 3. The van der Waals surface area contributed by atoms with Gasteiger partial charge in [-0.15, -0.1) is 0 Å². The molecule has 0 amide bonds. The molecule has 0 aromatic rings. The Morgan fingerprint density at radius 2 is 1.11 bits per heavy atom. The van der Waals surface area contributed by atoms with Crippen molar-refractivity contribution in [2.75, 3.05) is 0 Å². The predicted octanol–water partition coefficient (Wildman–Crippen LogP) is 5.60. The topological polar surface area (TPSA) is 43.1 Å². The third-order valence-corrected chi connectivity index (χ3v) is 4.08. The molecule has 0 spiro atoms. The summed E-state index contributed by atoms with van der Waals surface area (Å²) in [7, 11) is 0. The smallest absolute Gasteiger partial charge is 0.203 e. The summed E-state index contributed by atoms with van der Waals surface area (Å²) in [4.78, 5) is 11.0. The highest BCUT2D eigenvalue weighted by molar-refractivity contribution is 8.11. The van der Waals surface area contributed by atoms with E-state index in [1.54, 1.807) is 0 Å². The normalized spacial score (nSPS) is 10.8. The first-order valence-electron chi connectivity index (χ1n) is 8.20. The number of nitrogens with two attached hydrogens (primary N) is 1. The van der Waals surface area contributed by atoms with Gasteiger partial charge >= 0.3 is 0 Å². The minimum Gasteiger partial charge on any atom is -0.286 e. The quantitative estimate of drug-likeness (QED) is 0.334. The highest BCUT2D eigenvalue weighted by Crippen LogP contribution is 2.13. The van der Waals surface area contributed by atoms with Crippen LogP contribution in [0, 0.1) is 0 Å². The Morgan fingerprint density at radius 1 is 0.737 bits per heavy atom. The van der Waals surface area contributed by atoms with Crippen LogP contribution in [0.1, 0.15) is 96.8 Å². The monoisotopic (exact) mass is 287 g/mol. The molecule has 2 N–H and O–H groups in total. The summed E-state index contributed by atoms with van der Waals surface area (Å²) in [5, 5.41) is 5.31. The van der Waals surface area contributed by atoms with E-state index in [-0.39, 0.29) is 5.12 Å². The maximum absolute atomic E-state index is 11.0. The van der Waals surface area contributed by atoms with Gasteiger partial charge in [0.2, 0.25) is 5.12 Å². The Kier molecular flexibility index (Phi) is 16.0. The van der Waals surface area contributed by atoms with Gasteiger partial charge in [0.15, 0.2) is 0 Å². The highest BCUT2D eigenvalue weighted by Gasteiger charge is 1.99. The number of carbonyl (C=O) groups is 1. The van der Waals surface area contributed by atoms with Crippen LogP contribution in [-0.2, 0) is 4.79 Å². The van der Waals surface area contributed by atoms with Gasteiger partial charge in [-0.25, -0.2) is 0 Å². The molecule has 0 heterocycles. The third kappa shape index (κ3) is 15.9. The molecule has 0 saturated heterocycles. The molecule has 0 unspecified atom stereocenters. The second-order valence-corrected chi connectivity index (χ2v) is 6.17. The molecule has 2 nitrogen and oxygen atoms in total. The van der Waals surface area contributed by atoms with Crippen LogP contribution >= 0.6 is 11.9 Å². The number of carbonyl (C=O) groups excluding carboxylic acids is 1. The second-order valence-electron chi connectivity index (χ2n) is 5.48. The lowest BCUT2D eigenvalue weighted by Gasteiger charge is -2.02. The summed E-state index contributed by atoms with van der Waals surface area (Å²) in [6.07, 6.45) is 18.1. The summed E-state index contributed by atoms with van der Waals surface area (Å²) in [5.41, 5.74) is 0. The fraction of sp³-hybridized carbons (Fsp3) is 0.938. The largest absolute Gasteiger partial charge is 0.286 e. The zero-order valence-corrected chi connectivity index (χ0v) is 13.6. The van der Waals surface area contributed by atoms with Crippen LogP contribution in [0.25, 0.3) is 0 Å². The number of hydrogen-bond donors (Lipinski definition) is 1. The fourth-order valence-electron chi connectivity index (χ4n) is 2.35. The van der Waals surface area contributed by atoms with E-state index in [4.69, 9.17) is 5.14 Å². The van der Waals surface area contributed by atoms with Crippen LogP contribution in [0.2, 0.25) is 0 Å². The van der Waals surface area contributed by atoms with Crippen LogP contribution in [0.5, 0.6) is 0 Å². The van der Waals surface area contributed by atoms with Gasteiger partial charge in [0.05, 0.1) is 0 Å². The maximum atomic E-state index is 11.0. The van der Waals surface area contributed by atoms with E-state index >= 15 is 0 Å². The molecular weight excluding hydrogens is 254 g/mol. The highest BCUT2D eigenvalue weighted by atomic mass is 32.2. The number of unbranched alkanes of at least 4 members (excludes halogenated alkanes) is 12. The summed E-state index contributed by atoms with van der Waals surface area (Å²) in [6, 6.07) is 0. The van der Waals surface area contributed by atoms with Gasteiger partial charge in [-0.05, 0) is 18.4 Å². The van der Waals surface area contributed by atoms with Gasteiger partial charge in [-0.2, -0.15) is 0 Å². The van der Waals surface area contributed by atoms with Crippen molar-refractivity contribution in [1.29, 1.82) is 0 Å². The number of rotatable bonds is 14. The first-order chi connectivity index (χ1) is 9.31. The minimum absolute atomic E-state index is 0.128. The fourth-order valence-corrected chi connectivity index (χ4v) is 2.61. The summed E-state index contributed by atoms with van der Waals surface area (Å²) < 4.78 is 0. The lowest BCUT2D eigenvalue weighted by molar-refractivity contribution is -0.111. The molecule has 0 aliphatic rings. The Hall–Kier alpha value is -0.0200. The SMILES string of the molecule is CCCCCCCCCCCCCCCC(=O)SN. The lowest BCUT2D eigenvalue weighted by atomic mass is 10.0. The molecule has 0 rings (SSSR count). The van der Waals surface area contributed by atoms with Crippen molar-refractivity contribution in [3.8, 4) is 0 Å². The van der Waals surface area contributed by atoms with E-state index < -0.39 is 0 Å². The van der Waals surface area contributed by atoms with Gasteiger partial charge in [-0.3, -0.25) is 9.93 Å². The molecule has 0 aliphatic heterocycles. The molecule has 0 atom stereocenters. The molecule has 0 bridgehead atoms. The molecule has 0 saturated carbocycles. The molecule has 0 fully saturated rings. The first kappa shape index (κ1) is 19.0. The summed E-state index contributed by atoms with van der Waals surface area (Å²) in [6.45, 7) is 2.27. The zero-order chi connectivity index (χ0) is 14.2. The van der Waals surface area contributed by atoms with E-state index in [0.29, 0.717) is 6.42 Å². The van der Waals surface area contributed by atoms with Crippen LogP contribution in [0.4, 0.5) is 0 Å². The molecule has 0 radical (unpaired) electrons. The Bertz CT molecular complexity index is 197. The van der Waals surface area contributed by atoms with Crippen molar-refractivity contribution in [3.63, 3.8) is 0 Å². The predicted molar refractivity (Wildman–Crippen MR) is 87.1 cm³/mol. The van der Waals surface area contributed by atoms with E-state index in [1.165, 1.54) is 77.0 Å². The van der Waals surface area contributed by atoms with Gasteiger partial charge in [-0.1, -0.05) is 84.0 Å². The molecule has 0 aromatic heterocycles. The summed E-state index contributed by atoms with van der Waals surface area (Å²) in [5.74, 6) is 0. The first-order valence-corrected chi connectivity index (χ1v) is 9.08. The van der Waals surface area contributed by atoms with Crippen molar-refractivity contribution in [2.45, 2.75) is 96.8 Å². The van der Waals surface area contributed by atoms with E-state index in [0.717, 1.165) is 18.4 Å². The van der Waals surface area contributed by atoms with Crippen molar-refractivity contribution in [1.82, 2.24) is 0 Å². The van der Waals surface area contributed by atoms with E-state index in [2.05, 4.69) is 6.92 Å². The van der Waals surface area contributed by atoms with E-state index in [1.807, 2.05) is 0 Å². The zero-order valence-electron chi connectivity index (χ0n) is 12.8. The van der Waals surface area contributed by atoms with Crippen molar-refractivity contribution in [2.24, 2.45) is 5.14 Å². The molecule has 19 heavy (non-hydrogen) atoms. The molecule has 114 valence electrons. The second kappa shape index (κ2) is 16.0. The molecule has 3 heteroatoms. The lowest BCUT2D eigenvalue weighted by Crippen LogP contribution is -1.95. The van der Waals surface area contributed by atoms with Crippen LogP contribution in [0.3, 0.4) is 0 Å². The van der Waals surface area contributed by atoms with Crippen LogP contribution in [0.15, 0.2) is 0 Å². The standard InChI is InChI=1S/C16H33NOS/c1-2-3-4-5-6-7-8-9-10-11-12-13-14-15-16(18)19-17/h2-15,17H2,1H3. The van der Waals surface area contributed by atoms with Gasteiger partial charge in [0, 0.05) is 6.42 Å². The minimum atomic E-state index is 0.128. The molecule has 0 aromatic carbocycles. The third-order valence-electron chi connectivity index (χ3n) is 3.62.